The number of aromatic amines is 1. The third-order valence-corrected chi connectivity index (χ3v) is 6.28. The molecule has 1 amide bonds. The average Bonchev–Trinajstić information content (AvgIpc) is 3.44. The number of hydrogen-bond acceptors (Lipinski definition) is 4. The van der Waals surface area contributed by atoms with E-state index in [-0.39, 0.29) is 12.0 Å². The first-order valence-corrected chi connectivity index (χ1v) is 10.4. The molecule has 142 valence electrons. The number of rotatable bonds is 4. The molecule has 2 aromatic carbocycles. The minimum atomic E-state index is -0.0382. The fraction of sp³-hybridized carbons (Fsp3) is 0.273. The SMILES string of the molecule is Cc1ccc2nc(N(CC3CCCO3)C(=O)c3c[nH]c4ccccc34)sc2c1. The molecule has 5 rings (SSSR count). The molecule has 1 aliphatic rings. The first-order valence-electron chi connectivity index (χ1n) is 9.56. The van der Waals surface area contributed by atoms with Crippen molar-refractivity contribution in [2.24, 2.45) is 0 Å². The monoisotopic (exact) mass is 391 g/mol. The van der Waals surface area contributed by atoms with Crippen LogP contribution in [0, 0.1) is 6.92 Å². The Balaban J connectivity index is 1.57. The number of para-hydroxylation sites is 1. The minimum absolute atomic E-state index is 0.0382. The molecule has 1 unspecified atom stereocenters. The zero-order chi connectivity index (χ0) is 19.1. The molecule has 5 nitrogen and oxygen atoms in total. The van der Waals surface area contributed by atoms with Crippen molar-refractivity contribution in [3.63, 3.8) is 0 Å². The van der Waals surface area contributed by atoms with Gasteiger partial charge in [-0.25, -0.2) is 4.98 Å². The van der Waals surface area contributed by atoms with E-state index in [1.807, 2.05) is 30.3 Å². The fourth-order valence-electron chi connectivity index (χ4n) is 3.77. The maximum absolute atomic E-state index is 13.6. The highest BCUT2D eigenvalue weighted by atomic mass is 32.1. The van der Waals surface area contributed by atoms with Gasteiger partial charge in [0.05, 0.1) is 28.4 Å². The Morgan fingerprint density at radius 3 is 3.07 bits per heavy atom. The lowest BCUT2D eigenvalue weighted by molar-refractivity contribution is 0.0919. The summed E-state index contributed by atoms with van der Waals surface area (Å²) in [7, 11) is 0. The van der Waals surface area contributed by atoms with Crippen LogP contribution in [-0.4, -0.2) is 35.1 Å². The zero-order valence-electron chi connectivity index (χ0n) is 15.6. The molecule has 1 saturated heterocycles. The molecule has 6 heteroatoms. The highest BCUT2D eigenvalue weighted by Crippen LogP contribution is 2.32. The summed E-state index contributed by atoms with van der Waals surface area (Å²) in [6.07, 6.45) is 3.87. The Labute approximate surface area is 167 Å². The molecule has 1 atom stereocenters. The number of carbonyl (C=O) groups excluding carboxylic acids is 1. The second-order valence-electron chi connectivity index (χ2n) is 7.27. The van der Waals surface area contributed by atoms with E-state index in [2.05, 4.69) is 24.0 Å². The molecular weight excluding hydrogens is 370 g/mol. The Hall–Kier alpha value is -2.70. The van der Waals surface area contributed by atoms with Crippen molar-refractivity contribution in [3.8, 4) is 0 Å². The minimum Gasteiger partial charge on any atom is -0.376 e. The Bertz CT molecular complexity index is 1160. The van der Waals surface area contributed by atoms with Gasteiger partial charge in [-0.15, -0.1) is 0 Å². The Morgan fingerprint density at radius 1 is 1.32 bits per heavy atom. The fourth-order valence-corrected chi connectivity index (χ4v) is 4.84. The molecule has 0 aliphatic carbocycles. The molecule has 4 aromatic rings. The van der Waals surface area contributed by atoms with E-state index >= 15 is 0 Å². The molecule has 0 saturated carbocycles. The third kappa shape index (κ3) is 3.08. The highest BCUT2D eigenvalue weighted by molar-refractivity contribution is 7.22. The van der Waals surface area contributed by atoms with E-state index in [4.69, 9.17) is 9.72 Å². The van der Waals surface area contributed by atoms with Crippen LogP contribution in [-0.2, 0) is 4.74 Å². The van der Waals surface area contributed by atoms with Crippen molar-refractivity contribution < 1.29 is 9.53 Å². The van der Waals surface area contributed by atoms with Crippen molar-refractivity contribution in [3.05, 3.63) is 59.8 Å². The number of hydrogen-bond donors (Lipinski definition) is 1. The van der Waals surface area contributed by atoms with Crippen molar-refractivity contribution in [2.45, 2.75) is 25.9 Å². The van der Waals surface area contributed by atoms with Crippen LogP contribution >= 0.6 is 11.3 Å². The normalized spacial score (nSPS) is 16.8. The van der Waals surface area contributed by atoms with Crippen LogP contribution in [0.15, 0.2) is 48.7 Å². The van der Waals surface area contributed by atoms with Crippen LogP contribution in [0.4, 0.5) is 5.13 Å². The summed E-state index contributed by atoms with van der Waals surface area (Å²) in [5.41, 5.74) is 3.75. The maximum Gasteiger partial charge on any atom is 0.262 e. The number of nitrogens with one attached hydrogen (secondary N) is 1. The summed E-state index contributed by atoms with van der Waals surface area (Å²) in [5, 5.41) is 1.66. The molecule has 1 aliphatic heterocycles. The molecule has 1 fully saturated rings. The zero-order valence-corrected chi connectivity index (χ0v) is 16.5. The van der Waals surface area contributed by atoms with Gasteiger partial charge in [0.1, 0.15) is 0 Å². The lowest BCUT2D eigenvalue weighted by atomic mass is 10.1. The van der Waals surface area contributed by atoms with Crippen LogP contribution in [0.3, 0.4) is 0 Å². The molecule has 1 N–H and O–H groups in total. The number of amides is 1. The molecule has 3 heterocycles. The summed E-state index contributed by atoms with van der Waals surface area (Å²) < 4.78 is 6.92. The predicted molar refractivity (Wildman–Crippen MR) is 113 cm³/mol. The number of carbonyl (C=O) groups is 1. The standard InChI is InChI=1S/C22H21N3O2S/c1-14-8-9-19-20(11-14)28-22(24-19)25(13-15-5-4-10-27-15)21(26)17-12-23-18-7-3-2-6-16(17)18/h2-3,6-9,11-12,15,23H,4-5,10,13H2,1H3. The Kier molecular flexibility index (Phi) is 4.37. The summed E-state index contributed by atoms with van der Waals surface area (Å²) in [6, 6.07) is 14.1. The second-order valence-corrected chi connectivity index (χ2v) is 8.28. The lowest BCUT2D eigenvalue weighted by Gasteiger charge is -2.22. The van der Waals surface area contributed by atoms with Crippen LogP contribution in [0.25, 0.3) is 21.1 Å². The number of ether oxygens (including phenoxy) is 1. The molecular formula is C22H21N3O2S. The number of aromatic nitrogens is 2. The third-order valence-electron chi connectivity index (χ3n) is 5.24. The number of fused-ring (bicyclic) bond motifs is 2. The first-order chi connectivity index (χ1) is 13.7. The van der Waals surface area contributed by atoms with E-state index < -0.39 is 0 Å². The van der Waals surface area contributed by atoms with Gasteiger partial charge in [-0.2, -0.15) is 0 Å². The van der Waals surface area contributed by atoms with Crippen LogP contribution in [0.2, 0.25) is 0 Å². The average molecular weight is 391 g/mol. The van der Waals surface area contributed by atoms with Crippen LogP contribution in [0.5, 0.6) is 0 Å². The van der Waals surface area contributed by atoms with Gasteiger partial charge in [0.15, 0.2) is 5.13 Å². The number of nitrogens with zero attached hydrogens (tertiary/aromatic N) is 2. The molecule has 2 aromatic heterocycles. The van der Waals surface area contributed by atoms with Gasteiger partial charge in [0.2, 0.25) is 0 Å². The van der Waals surface area contributed by atoms with Crippen LogP contribution in [0.1, 0.15) is 28.8 Å². The van der Waals surface area contributed by atoms with E-state index in [0.29, 0.717) is 12.1 Å². The summed E-state index contributed by atoms with van der Waals surface area (Å²) in [4.78, 5) is 23.3. The smallest absolute Gasteiger partial charge is 0.262 e. The van der Waals surface area contributed by atoms with Crippen molar-refractivity contribution in [1.29, 1.82) is 0 Å². The molecule has 0 spiro atoms. The largest absolute Gasteiger partial charge is 0.376 e. The van der Waals surface area contributed by atoms with Crippen molar-refractivity contribution >= 4 is 43.5 Å². The summed E-state index contributed by atoms with van der Waals surface area (Å²) >= 11 is 1.56. The van der Waals surface area contributed by atoms with Gasteiger partial charge < -0.3 is 9.72 Å². The summed E-state index contributed by atoms with van der Waals surface area (Å²) in [6.45, 7) is 3.36. The van der Waals surface area contributed by atoms with Crippen molar-refractivity contribution in [2.75, 3.05) is 18.1 Å². The van der Waals surface area contributed by atoms with Gasteiger partial charge in [-0.1, -0.05) is 35.6 Å². The quantitative estimate of drug-likeness (QED) is 0.538. The number of H-pyrrole nitrogens is 1. The summed E-state index contributed by atoms with van der Waals surface area (Å²) in [5.74, 6) is -0.0382. The van der Waals surface area contributed by atoms with Gasteiger partial charge in [0, 0.05) is 23.7 Å². The maximum atomic E-state index is 13.6. The lowest BCUT2D eigenvalue weighted by Crippen LogP contribution is -2.37. The predicted octanol–water partition coefficient (Wildman–Crippen LogP) is 4.91. The molecule has 0 bridgehead atoms. The van der Waals surface area contributed by atoms with Crippen LogP contribution < -0.4 is 4.90 Å². The number of anilines is 1. The number of benzene rings is 2. The van der Waals surface area contributed by atoms with E-state index in [1.54, 1.807) is 22.4 Å². The van der Waals surface area contributed by atoms with Gasteiger partial charge in [-0.05, 0) is 43.5 Å². The molecule has 0 radical (unpaired) electrons. The van der Waals surface area contributed by atoms with E-state index in [1.165, 1.54) is 5.56 Å². The van der Waals surface area contributed by atoms with Crippen molar-refractivity contribution in [1.82, 2.24) is 9.97 Å². The van der Waals surface area contributed by atoms with Gasteiger partial charge in [0.25, 0.3) is 5.91 Å². The van der Waals surface area contributed by atoms with E-state index in [9.17, 15) is 4.79 Å². The second kappa shape index (κ2) is 7.04. The van der Waals surface area contributed by atoms with Gasteiger partial charge >= 0.3 is 0 Å². The number of aryl methyl sites for hydroxylation is 1. The highest BCUT2D eigenvalue weighted by Gasteiger charge is 2.28. The topological polar surface area (TPSA) is 58.2 Å². The Morgan fingerprint density at radius 2 is 2.21 bits per heavy atom. The number of thiazole rings is 1. The first kappa shape index (κ1) is 17.4. The molecule has 28 heavy (non-hydrogen) atoms. The van der Waals surface area contributed by atoms with E-state index in [0.717, 1.165) is 45.7 Å². The van der Waals surface area contributed by atoms with Gasteiger partial charge in [-0.3, -0.25) is 9.69 Å².